The Kier molecular flexibility index (Phi) is 8.50. The fourth-order valence-corrected chi connectivity index (χ4v) is 3.49. The highest BCUT2D eigenvalue weighted by atomic mass is 19.4. The highest BCUT2D eigenvalue weighted by Gasteiger charge is 2.35. The van der Waals surface area contributed by atoms with E-state index in [2.05, 4.69) is 20.6 Å². The minimum atomic E-state index is -4.46. The molecule has 2 amide bonds. The standard InChI is InChI=1S/C21H26F6N8O2/c22-20(23,24)5-3-16(36)33-17(12-1-2-12)14-4-7-34-11-13(31-19(34)32-14)10-30-18(37)15(9-28)35(29)8-6-21(25,26)27/h4,7,9,11-12,17H,1-3,5-6,8,10,28-29H2,(H,30,37)(H,33,36)/b15-9-. The molecule has 2 aromatic heterocycles. The van der Waals surface area contributed by atoms with Gasteiger partial charge in [-0.3, -0.25) is 14.0 Å². The number of carbonyl (C=O) groups excluding carboxylic acids is 2. The Hall–Kier alpha value is -3.56. The van der Waals surface area contributed by atoms with E-state index in [0.717, 1.165) is 19.0 Å². The molecule has 2 aromatic rings. The number of aromatic nitrogens is 3. The molecule has 3 rings (SSSR count). The molecule has 0 radical (unpaired) electrons. The van der Waals surface area contributed by atoms with Crippen LogP contribution in [0, 0.1) is 5.92 Å². The smallest absolute Gasteiger partial charge is 0.390 e. The van der Waals surface area contributed by atoms with Gasteiger partial charge in [0.1, 0.15) is 5.70 Å². The van der Waals surface area contributed by atoms with Gasteiger partial charge in [-0.1, -0.05) is 0 Å². The molecule has 1 saturated carbocycles. The molecule has 1 atom stereocenters. The largest absolute Gasteiger partial charge is 0.403 e. The summed E-state index contributed by atoms with van der Waals surface area (Å²) >= 11 is 0. The Morgan fingerprint density at radius 3 is 2.43 bits per heavy atom. The minimum absolute atomic E-state index is 0.0523. The lowest BCUT2D eigenvalue weighted by atomic mass is 10.1. The second-order valence-corrected chi connectivity index (χ2v) is 8.58. The van der Waals surface area contributed by atoms with Crippen molar-refractivity contribution in [3.63, 3.8) is 0 Å². The summed E-state index contributed by atoms with van der Waals surface area (Å²) in [4.78, 5) is 33.1. The average Bonchev–Trinajstić information content (AvgIpc) is 3.56. The number of fused-ring (bicyclic) bond motifs is 1. The summed E-state index contributed by atoms with van der Waals surface area (Å²) in [6.45, 7) is -0.794. The molecule has 1 aliphatic carbocycles. The maximum absolute atomic E-state index is 12.4. The molecule has 6 N–H and O–H groups in total. The first-order valence-corrected chi connectivity index (χ1v) is 11.3. The van der Waals surface area contributed by atoms with Crippen LogP contribution in [-0.2, 0) is 16.1 Å². The van der Waals surface area contributed by atoms with Gasteiger partial charge in [-0.05, 0) is 24.8 Å². The first-order valence-electron chi connectivity index (χ1n) is 11.3. The Morgan fingerprint density at radius 2 is 1.84 bits per heavy atom. The van der Waals surface area contributed by atoms with Crippen LogP contribution in [0.3, 0.4) is 0 Å². The molecule has 0 saturated heterocycles. The van der Waals surface area contributed by atoms with Gasteiger partial charge in [-0.25, -0.2) is 15.8 Å². The first-order chi connectivity index (χ1) is 17.3. The predicted octanol–water partition coefficient (Wildman–Crippen LogP) is 2.18. The van der Waals surface area contributed by atoms with Gasteiger partial charge in [0.05, 0.1) is 36.8 Å². The number of nitrogens with zero attached hydrogens (tertiary/aromatic N) is 4. The second-order valence-electron chi connectivity index (χ2n) is 8.58. The summed E-state index contributed by atoms with van der Waals surface area (Å²) < 4.78 is 76.1. The zero-order valence-electron chi connectivity index (χ0n) is 19.4. The zero-order valence-corrected chi connectivity index (χ0v) is 19.4. The lowest BCUT2D eigenvalue weighted by Crippen LogP contribution is -2.41. The maximum Gasteiger partial charge on any atom is 0.390 e. The summed E-state index contributed by atoms with van der Waals surface area (Å²) in [5.74, 6) is 4.26. The van der Waals surface area contributed by atoms with Gasteiger partial charge in [0.2, 0.25) is 11.7 Å². The van der Waals surface area contributed by atoms with Gasteiger partial charge in [0.25, 0.3) is 5.91 Å². The maximum atomic E-state index is 12.4. The number of rotatable bonds is 11. The van der Waals surface area contributed by atoms with Crippen LogP contribution in [0.15, 0.2) is 30.4 Å². The molecule has 204 valence electrons. The van der Waals surface area contributed by atoms with E-state index < -0.39 is 56.0 Å². The molecule has 37 heavy (non-hydrogen) atoms. The number of carbonyl (C=O) groups is 2. The van der Waals surface area contributed by atoms with Crippen molar-refractivity contribution in [2.45, 2.75) is 57.0 Å². The van der Waals surface area contributed by atoms with Gasteiger partial charge in [0, 0.05) is 31.6 Å². The number of nitrogens with two attached hydrogens (primary N) is 2. The van der Waals surface area contributed by atoms with E-state index in [1.165, 1.54) is 0 Å². The number of hydrazine groups is 1. The topological polar surface area (TPSA) is 144 Å². The van der Waals surface area contributed by atoms with Gasteiger partial charge >= 0.3 is 12.4 Å². The Bertz CT molecular complexity index is 1140. The highest BCUT2D eigenvalue weighted by Crippen LogP contribution is 2.40. The van der Waals surface area contributed by atoms with Crippen LogP contribution in [0.25, 0.3) is 5.78 Å². The number of nitrogens with one attached hydrogen (secondary N) is 2. The van der Waals surface area contributed by atoms with E-state index in [9.17, 15) is 35.9 Å². The summed E-state index contributed by atoms with van der Waals surface area (Å²) in [5, 5.41) is 5.69. The van der Waals surface area contributed by atoms with Crippen molar-refractivity contribution in [1.29, 1.82) is 0 Å². The number of alkyl halides is 6. The molecule has 0 bridgehead atoms. The van der Waals surface area contributed by atoms with Crippen LogP contribution in [0.4, 0.5) is 26.3 Å². The fourth-order valence-electron chi connectivity index (χ4n) is 3.49. The molecule has 1 unspecified atom stereocenters. The van der Waals surface area contributed by atoms with Crippen LogP contribution in [-0.4, -0.2) is 50.1 Å². The van der Waals surface area contributed by atoms with Crippen molar-refractivity contribution in [2.75, 3.05) is 6.54 Å². The normalized spacial score (nSPS) is 15.5. The summed E-state index contributed by atoms with van der Waals surface area (Å²) in [6.07, 6.45) is -6.49. The predicted molar refractivity (Wildman–Crippen MR) is 118 cm³/mol. The summed E-state index contributed by atoms with van der Waals surface area (Å²) in [6, 6.07) is 1.06. The molecule has 2 heterocycles. The zero-order chi connectivity index (χ0) is 27.4. The third kappa shape index (κ3) is 8.51. The summed E-state index contributed by atoms with van der Waals surface area (Å²) in [7, 11) is 0. The fraction of sp³-hybridized carbons (Fsp3) is 0.524. The highest BCUT2D eigenvalue weighted by molar-refractivity contribution is 5.92. The van der Waals surface area contributed by atoms with Gasteiger partial charge in [-0.15, -0.1) is 0 Å². The number of hydrogen-bond acceptors (Lipinski definition) is 7. The lowest BCUT2D eigenvalue weighted by molar-refractivity contribution is -0.144. The van der Waals surface area contributed by atoms with Crippen molar-refractivity contribution >= 4 is 17.6 Å². The van der Waals surface area contributed by atoms with Crippen molar-refractivity contribution in [3.8, 4) is 0 Å². The van der Waals surface area contributed by atoms with Gasteiger partial charge in [0.15, 0.2) is 0 Å². The van der Waals surface area contributed by atoms with E-state index in [0.29, 0.717) is 16.4 Å². The number of hydrogen-bond donors (Lipinski definition) is 4. The number of halogens is 6. The lowest BCUT2D eigenvalue weighted by Gasteiger charge is -2.21. The van der Waals surface area contributed by atoms with Crippen LogP contribution >= 0.6 is 0 Å². The Labute approximate surface area is 207 Å². The van der Waals surface area contributed by atoms with Gasteiger partial charge < -0.3 is 21.4 Å². The SMILES string of the molecule is N/C=C(/C(=O)NCc1cn2ccc(C(NC(=O)CCC(F)(F)F)C3CC3)nc2n1)N(N)CCC(F)(F)F. The molecule has 0 aromatic carbocycles. The van der Waals surface area contributed by atoms with Crippen LogP contribution in [0.2, 0.25) is 0 Å². The van der Waals surface area contributed by atoms with Gasteiger partial charge in [-0.2, -0.15) is 26.3 Å². The van der Waals surface area contributed by atoms with Crippen molar-refractivity contribution in [2.24, 2.45) is 17.5 Å². The molecule has 16 heteroatoms. The van der Waals surface area contributed by atoms with E-state index in [-0.39, 0.29) is 23.9 Å². The molecule has 10 nitrogen and oxygen atoms in total. The van der Waals surface area contributed by atoms with E-state index in [1.54, 1.807) is 22.9 Å². The second kappa shape index (κ2) is 11.2. The van der Waals surface area contributed by atoms with Crippen LogP contribution < -0.4 is 22.2 Å². The van der Waals surface area contributed by atoms with E-state index in [4.69, 9.17) is 11.6 Å². The first kappa shape index (κ1) is 28.0. The molecular weight excluding hydrogens is 510 g/mol. The molecule has 1 fully saturated rings. The number of amides is 2. The quantitative estimate of drug-likeness (QED) is 0.149. The average molecular weight is 536 g/mol. The van der Waals surface area contributed by atoms with E-state index in [1.807, 2.05) is 0 Å². The monoisotopic (exact) mass is 536 g/mol. The molecule has 0 aliphatic heterocycles. The molecular formula is C21H26F6N8O2. The Morgan fingerprint density at radius 1 is 1.16 bits per heavy atom. The van der Waals surface area contributed by atoms with Crippen molar-refractivity contribution in [1.82, 2.24) is 30.0 Å². The van der Waals surface area contributed by atoms with E-state index >= 15 is 0 Å². The molecule has 0 spiro atoms. The molecule has 1 aliphatic rings. The third-order valence-corrected chi connectivity index (χ3v) is 5.53. The van der Waals surface area contributed by atoms with Crippen LogP contribution in [0.1, 0.15) is 49.5 Å². The van der Waals surface area contributed by atoms with Crippen molar-refractivity contribution in [3.05, 3.63) is 41.7 Å². The minimum Gasteiger partial charge on any atom is -0.403 e. The summed E-state index contributed by atoms with van der Waals surface area (Å²) in [5.41, 5.74) is 5.78. The van der Waals surface area contributed by atoms with Crippen molar-refractivity contribution < 1.29 is 35.9 Å². The Balaban J connectivity index is 1.63. The number of imidazole rings is 1. The van der Waals surface area contributed by atoms with Crippen LogP contribution in [0.5, 0.6) is 0 Å². The third-order valence-electron chi connectivity index (χ3n) is 5.53.